The van der Waals surface area contributed by atoms with Gasteiger partial charge in [0, 0.05) is 25.0 Å². The molecule has 1 fully saturated rings. The van der Waals surface area contributed by atoms with E-state index in [1.165, 1.54) is 49.0 Å². The molecule has 2 heterocycles. The number of halogens is 3. The lowest BCUT2D eigenvalue weighted by molar-refractivity contribution is -0.141. The van der Waals surface area contributed by atoms with E-state index in [-0.39, 0.29) is 0 Å². The Hall–Kier alpha value is -1.79. The summed E-state index contributed by atoms with van der Waals surface area (Å²) in [6.45, 7) is 0.749. The largest absolute Gasteiger partial charge is 0.435 e. The SMILES string of the molecule is FC(F)(F)c1cc2c(NCC3CCCCC3)nccn2n1. The topological polar surface area (TPSA) is 42.2 Å². The Kier molecular flexibility index (Phi) is 3.73. The Labute approximate surface area is 120 Å². The van der Waals surface area contributed by atoms with Crippen LogP contribution >= 0.6 is 0 Å². The molecule has 0 aromatic carbocycles. The highest BCUT2D eigenvalue weighted by Crippen LogP contribution is 2.30. The fourth-order valence-corrected chi connectivity index (χ4v) is 2.83. The summed E-state index contributed by atoms with van der Waals surface area (Å²) >= 11 is 0. The zero-order valence-corrected chi connectivity index (χ0v) is 11.5. The number of fused-ring (bicyclic) bond motifs is 1. The van der Waals surface area contributed by atoms with E-state index in [0.717, 1.165) is 12.6 Å². The Morgan fingerprint density at radius 1 is 1.24 bits per heavy atom. The van der Waals surface area contributed by atoms with Gasteiger partial charge in [-0.05, 0) is 18.8 Å². The second-order valence-corrected chi connectivity index (χ2v) is 5.52. The molecule has 114 valence electrons. The van der Waals surface area contributed by atoms with Crippen LogP contribution in [-0.4, -0.2) is 21.1 Å². The third-order valence-corrected chi connectivity index (χ3v) is 3.96. The average Bonchev–Trinajstić information content (AvgIpc) is 2.91. The molecule has 0 radical (unpaired) electrons. The second kappa shape index (κ2) is 5.54. The molecule has 2 aromatic rings. The number of aromatic nitrogens is 3. The number of hydrogen-bond acceptors (Lipinski definition) is 3. The number of hydrogen-bond donors (Lipinski definition) is 1. The molecule has 0 aliphatic heterocycles. The van der Waals surface area contributed by atoms with E-state index in [9.17, 15) is 13.2 Å². The predicted molar refractivity (Wildman–Crippen MR) is 73.1 cm³/mol. The van der Waals surface area contributed by atoms with E-state index in [1.807, 2.05) is 0 Å². The van der Waals surface area contributed by atoms with Crippen LogP contribution in [0.15, 0.2) is 18.5 Å². The van der Waals surface area contributed by atoms with Gasteiger partial charge < -0.3 is 5.32 Å². The van der Waals surface area contributed by atoms with Crippen molar-refractivity contribution >= 4 is 11.3 Å². The van der Waals surface area contributed by atoms with Crippen LogP contribution in [0.5, 0.6) is 0 Å². The van der Waals surface area contributed by atoms with Gasteiger partial charge in [0.05, 0.1) is 0 Å². The van der Waals surface area contributed by atoms with Crippen LogP contribution in [0.1, 0.15) is 37.8 Å². The zero-order chi connectivity index (χ0) is 14.9. The van der Waals surface area contributed by atoms with Gasteiger partial charge in [-0.15, -0.1) is 0 Å². The lowest BCUT2D eigenvalue weighted by Gasteiger charge is -2.22. The molecule has 1 saturated carbocycles. The Morgan fingerprint density at radius 3 is 2.71 bits per heavy atom. The van der Waals surface area contributed by atoms with Gasteiger partial charge in [-0.2, -0.15) is 18.3 Å². The maximum absolute atomic E-state index is 12.7. The fraction of sp³-hybridized carbons (Fsp3) is 0.571. The smallest absolute Gasteiger partial charge is 0.368 e. The van der Waals surface area contributed by atoms with Gasteiger partial charge in [0.15, 0.2) is 11.5 Å². The molecule has 0 saturated heterocycles. The molecule has 3 rings (SSSR count). The van der Waals surface area contributed by atoms with Crippen molar-refractivity contribution in [2.75, 3.05) is 11.9 Å². The van der Waals surface area contributed by atoms with Crippen LogP contribution in [-0.2, 0) is 6.18 Å². The van der Waals surface area contributed by atoms with Crippen molar-refractivity contribution in [3.05, 3.63) is 24.2 Å². The van der Waals surface area contributed by atoms with Gasteiger partial charge in [-0.25, -0.2) is 9.50 Å². The van der Waals surface area contributed by atoms with Crippen LogP contribution in [0.3, 0.4) is 0 Å². The van der Waals surface area contributed by atoms with Crippen LogP contribution in [0, 0.1) is 5.92 Å². The van der Waals surface area contributed by atoms with Crippen LogP contribution in [0.4, 0.5) is 19.0 Å². The molecule has 7 heteroatoms. The quantitative estimate of drug-likeness (QED) is 0.938. The van der Waals surface area contributed by atoms with Crippen LogP contribution < -0.4 is 5.32 Å². The summed E-state index contributed by atoms with van der Waals surface area (Å²) < 4.78 is 39.4. The van der Waals surface area contributed by atoms with Crippen molar-refractivity contribution in [3.8, 4) is 0 Å². The minimum Gasteiger partial charge on any atom is -0.368 e. The summed E-state index contributed by atoms with van der Waals surface area (Å²) in [5, 5.41) is 6.73. The summed E-state index contributed by atoms with van der Waals surface area (Å²) in [6.07, 6.45) is 4.53. The highest BCUT2D eigenvalue weighted by atomic mass is 19.4. The first kappa shape index (κ1) is 14.2. The molecule has 0 atom stereocenters. The molecule has 4 nitrogen and oxygen atoms in total. The highest BCUT2D eigenvalue weighted by Gasteiger charge is 2.34. The van der Waals surface area contributed by atoms with E-state index in [4.69, 9.17) is 0 Å². The predicted octanol–water partition coefficient (Wildman–Crippen LogP) is 3.74. The van der Waals surface area contributed by atoms with E-state index in [2.05, 4.69) is 15.4 Å². The molecular formula is C14H17F3N4. The highest BCUT2D eigenvalue weighted by molar-refractivity contribution is 5.67. The molecule has 1 aliphatic carbocycles. The maximum atomic E-state index is 12.7. The monoisotopic (exact) mass is 298 g/mol. The Morgan fingerprint density at radius 2 is 2.00 bits per heavy atom. The third kappa shape index (κ3) is 3.11. The van der Waals surface area contributed by atoms with E-state index >= 15 is 0 Å². The first-order chi connectivity index (χ1) is 10.0. The molecule has 1 aliphatic rings. The number of rotatable bonds is 3. The van der Waals surface area contributed by atoms with Gasteiger partial charge in [-0.1, -0.05) is 19.3 Å². The summed E-state index contributed by atoms with van der Waals surface area (Å²) in [6, 6.07) is 1.04. The van der Waals surface area contributed by atoms with Gasteiger partial charge >= 0.3 is 6.18 Å². The van der Waals surface area contributed by atoms with Gasteiger partial charge in [0.2, 0.25) is 0 Å². The van der Waals surface area contributed by atoms with Gasteiger partial charge in [-0.3, -0.25) is 0 Å². The van der Waals surface area contributed by atoms with Gasteiger partial charge in [0.1, 0.15) is 5.52 Å². The van der Waals surface area contributed by atoms with E-state index < -0.39 is 11.9 Å². The standard InChI is InChI=1S/C14H17F3N4/c15-14(16,17)12-8-11-13(18-6-7-21(11)20-12)19-9-10-4-2-1-3-5-10/h6-8,10H,1-5,9H2,(H,18,19). The molecule has 0 amide bonds. The third-order valence-electron chi connectivity index (χ3n) is 3.96. The molecule has 0 bridgehead atoms. The lowest BCUT2D eigenvalue weighted by Crippen LogP contribution is -2.18. The molecule has 2 aromatic heterocycles. The fourth-order valence-electron chi connectivity index (χ4n) is 2.83. The molecule has 21 heavy (non-hydrogen) atoms. The van der Waals surface area contributed by atoms with Crippen molar-refractivity contribution < 1.29 is 13.2 Å². The van der Waals surface area contributed by atoms with Crippen LogP contribution in [0.2, 0.25) is 0 Å². The molecule has 0 unspecified atom stereocenters. The summed E-state index contributed by atoms with van der Waals surface area (Å²) in [4.78, 5) is 4.15. The number of alkyl halides is 3. The van der Waals surface area contributed by atoms with Crippen molar-refractivity contribution in [3.63, 3.8) is 0 Å². The number of nitrogens with zero attached hydrogens (tertiary/aromatic N) is 3. The van der Waals surface area contributed by atoms with Crippen molar-refractivity contribution in [1.82, 2.24) is 14.6 Å². The minimum absolute atomic E-state index is 0.362. The van der Waals surface area contributed by atoms with Crippen LogP contribution in [0.25, 0.3) is 5.52 Å². The Balaban J connectivity index is 1.79. The molecular weight excluding hydrogens is 281 g/mol. The molecule has 1 N–H and O–H groups in total. The van der Waals surface area contributed by atoms with Crippen molar-refractivity contribution in [2.45, 2.75) is 38.3 Å². The van der Waals surface area contributed by atoms with Crippen molar-refractivity contribution in [1.29, 1.82) is 0 Å². The first-order valence-corrected chi connectivity index (χ1v) is 7.19. The summed E-state index contributed by atoms with van der Waals surface area (Å²) in [7, 11) is 0. The minimum atomic E-state index is -4.44. The number of nitrogens with one attached hydrogen (secondary N) is 1. The average molecular weight is 298 g/mol. The zero-order valence-electron chi connectivity index (χ0n) is 11.5. The van der Waals surface area contributed by atoms with Crippen molar-refractivity contribution in [2.24, 2.45) is 5.92 Å². The first-order valence-electron chi connectivity index (χ1n) is 7.19. The summed E-state index contributed by atoms with van der Waals surface area (Å²) in [5.74, 6) is 1.04. The van der Waals surface area contributed by atoms with E-state index in [1.54, 1.807) is 0 Å². The maximum Gasteiger partial charge on any atom is 0.435 e. The number of anilines is 1. The lowest BCUT2D eigenvalue weighted by atomic mass is 9.89. The normalized spacial score (nSPS) is 17.3. The second-order valence-electron chi connectivity index (χ2n) is 5.52. The Bertz CT molecular complexity index is 614. The van der Waals surface area contributed by atoms with Gasteiger partial charge in [0.25, 0.3) is 0 Å². The summed E-state index contributed by atoms with van der Waals surface area (Å²) in [5.41, 5.74) is -0.531. The van der Waals surface area contributed by atoms with E-state index in [0.29, 0.717) is 17.3 Å². The molecule has 0 spiro atoms.